The molecule has 9 heteroatoms. The molecule has 228 valence electrons. The highest BCUT2D eigenvalue weighted by Gasteiger charge is 2.58. The predicted molar refractivity (Wildman–Crippen MR) is 171 cm³/mol. The van der Waals surface area contributed by atoms with E-state index < -0.39 is 29.5 Å². The van der Waals surface area contributed by atoms with Crippen LogP contribution in [-0.4, -0.2) is 58.8 Å². The van der Waals surface area contributed by atoms with Crippen LogP contribution < -0.4 is 10.1 Å². The van der Waals surface area contributed by atoms with Gasteiger partial charge >= 0.3 is 5.97 Å². The average Bonchev–Trinajstić information content (AvgIpc) is 3.09. The molecule has 1 N–H and O–H groups in total. The van der Waals surface area contributed by atoms with E-state index in [-0.39, 0.29) is 30.8 Å². The first-order valence-corrected chi connectivity index (χ1v) is 15.8. The molecule has 0 saturated carbocycles. The highest BCUT2D eigenvalue weighted by molar-refractivity contribution is 8.00. The number of ether oxygens (including phenoxy) is 2. The van der Waals surface area contributed by atoms with Crippen molar-refractivity contribution in [3.63, 3.8) is 0 Å². The first-order valence-electron chi connectivity index (χ1n) is 14.8. The van der Waals surface area contributed by atoms with Crippen LogP contribution in [0.25, 0.3) is 0 Å². The summed E-state index contributed by atoms with van der Waals surface area (Å²) in [6, 6.07) is 33.4. The molecule has 2 amide bonds. The van der Waals surface area contributed by atoms with Crippen molar-refractivity contribution in [1.82, 2.24) is 10.2 Å². The minimum absolute atomic E-state index is 0.149. The van der Waals surface area contributed by atoms with E-state index >= 15 is 0 Å². The number of esters is 1. The Morgan fingerprint density at radius 3 is 2.07 bits per heavy atom. The summed E-state index contributed by atoms with van der Waals surface area (Å²) in [5.41, 5.74) is 2.99. The van der Waals surface area contributed by atoms with E-state index in [1.54, 1.807) is 29.2 Å². The van der Waals surface area contributed by atoms with Crippen molar-refractivity contribution in [1.29, 1.82) is 0 Å². The van der Waals surface area contributed by atoms with E-state index in [0.29, 0.717) is 17.1 Å². The molecule has 2 saturated heterocycles. The SMILES string of the molecule is O=Cc1ccc(OCC2CS[C@@H]3[C@H](NC(=O)Cc4ccccc4)C(=O)N3C2C(=O)OC(c2ccccc2)c2ccccc2)cc1. The molecule has 4 aromatic carbocycles. The van der Waals surface area contributed by atoms with Gasteiger partial charge in [-0.25, -0.2) is 4.79 Å². The van der Waals surface area contributed by atoms with Crippen LogP contribution in [0.4, 0.5) is 0 Å². The number of amides is 2. The third-order valence-electron chi connectivity index (χ3n) is 7.99. The highest BCUT2D eigenvalue weighted by Crippen LogP contribution is 2.42. The van der Waals surface area contributed by atoms with Gasteiger partial charge in [-0.2, -0.15) is 0 Å². The van der Waals surface area contributed by atoms with Crippen molar-refractivity contribution in [3.8, 4) is 5.75 Å². The van der Waals surface area contributed by atoms with E-state index in [4.69, 9.17) is 9.47 Å². The van der Waals surface area contributed by atoms with Crippen LogP contribution in [0.2, 0.25) is 0 Å². The maximum Gasteiger partial charge on any atom is 0.330 e. The molecule has 0 bridgehead atoms. The van der Waals surface area contributed by atoms with Crippen molar-refractivity contribution < 1.29 is 28.7 Å². The fraction of sp³-hybridized carbons (Fsp3) is 0.222. The third kappa shape index (κ3) is 6.78. The smallest absolute Gasteiger partial charge is 0.330 e. The fourth-order valence-electron chi connectivity index (χ4n) is 5.70. The Bertz CT molecular complexity index is 1600. The summed E-state index contributed by atoms with van der Waals surface area (Å²) < 4.78 is 12.3. The lowest BCUT2D eigenvalue weighted by atomic mass is 9.93. The van der Waals surface area contributed by atoms with Gasteiger partial charge in [-0.1, -0.05) is 91.0 Å². The maximum absolute atomic E-state index is 14.2. The van der Waals surface area contributed by atoms with Crippen LogP contribution in [0.1, 0.15) is 33.2 Å². The monoisotopic (exact) mass is 620 g/mol. The molecule has 6 rings (SSSR count). The van der Waals surface area contributed by atoms with Crippen LogP contribution in [0.3, 0.4) is 0 Å². The summed E-state index contributed by atoms with van der Waals surface area (Å²) >= 11 is 1.51. The van der Waals surface area contributed by atoms with Crippen LogP contribution >= 0.6 is 11.8 Å². The van der Waals surface area contributed by atoms with Crippen molar-refractivity contribution in [2.75, 3.05) is 12.4 Å². The molecule has 2 fully saturated rings. The van der Waals surface area contributed by atoms with E-state index in [2.05, 4.69) is 5.32 Å². The van der Waals surface area contributed by atoms with E-state index in [1.165, 1.54) is 11.8 Å². The highest BCUT2D eigenvalue weighted by atomic mass is 32.2. The van der Waals surface area contributed by atoms with Crippen molar-refractivity contribution in [2.24, 2.45) is 5.92 Å². The second-order valence-electron chi connectivity index (χ2n) is 11.0. The molecule has 2 heterocycles. The molecular weight excluding hydrogens is 588 g/mol. The second-order valence-corrected chi connectivity index (χ2v) is 12.2. The molecule has 0 radical (unpaired) electrons. The number of fused-ring (bicyclic) bond motifs is 1. The molecule has 2 aliphatic heterocycles. The largest absolute Gasteiger partial charge is 0.493 e. The number of benzene rings is 4. The molecular formula is C36H32N2O6S. The van der Waals surface area contributed by atoms with Gasteiger partial charge in [0.05, 0.1) is 13.0 Å². The summed E-state index contributed by atoms with van der Waals surface area (Å²) in [6.45, 7) is 0.149. The number of hydrogen-bond donors (Lipinski definition) is 1. The van der Waals surface area contributed by atoms with Gasteiger partial charge in [0.25, 0.3) is 0 Å². The lowest BCUT2D eigenvalue weighted by molar-refractivity contribution is -0.171. The van der Waals surface area contributed by atoms with Crippen LogP contribution in [0.15, 0.2) is 115 Å². The molecule has 0 aliphatic carbocycles. The van der Waals surface area contributed by atoms with Gasteiger partial charge in [0.15, 0.2) is 6.10 Å². The number of rotatable bonds is 11. The maximum atomic E-state index is 14.2. The van der Waals surface area contributed by atoms with Crippen LogP contribution in [-0.2, 0) is 25.5 Å². The zero-order chi connectivity index (χ0) is 31.2. The lowest BCUT2D eigenvalue weighted by Crippen LogP contribution is -2.76. The average molecular weight is 621 g/mol. The minimum atomic E-state index is -0.921. The normalized spacial score (nSPS) is 20.5. The molecule has 2 aliphatic rings. The van der Waals surface area contributed by atoms with Crippen molar-refractivity contribution in [3.05, 3.63) is 138 Å². The van der Waals surface area contributed by atoms with E-state index in [0.717, 1.165) is 23.0 Å². The zero-order valence-corrected chi connectivity index (χ0v) is 25.2. The van der Waals surface area contributed by atoms with Gasteiger partial charge in [0.2, 0.25) is 11.8 Å². The lowest BCUT2D eigenvalue weighted by Gasteiger charge is -2.54. The molecule has 2 unspecified atom stereocenters. The van der Waals surface area contributed by atoms with Crippen LogP contribution in [0, 0.1) is 5.92 Å². The Morgan fingerprint density at radius 1 is 0.867 bits per heavy atom. The summed E-state index contributed by atoms with van der Waals surface area (Å²) in [5.74, 6) is -0.449. The van der Waals surface area contributed by atoms with Crippen LogP contribution in [0.5, 0.6) is 5.75 Å². The number of aldehydes is 1. The number of hydrogen-bond acceptors (Lipinski definition) is 7. The molecule has 4 aromatic rings. The first-order chi connectivity index (χ1) is 22.0. The van der Waals surface area contributed by atoms with Gasteiger partial charge in [-0.05, 0) is 41.0 Å². The molecule has 4 atom stereocenters. The number of carbonyl (C=O) groups excluding carboxylic acids is 4. The number of β-lactam (4-membered cyclic amide) rings is 1. The van der Waals surface area contributed by atoms with E-state index in [9.17, 15) is 19.2 Å². The van der Waals surface area contributed by atoms with E-state index in [1.807, 2.05) is 91.0 Å². The van der Waals surface area contributed by atoms with Gasteiger partial charge < -0.3 is 19.7 Å². The van der Waals surface area contributed by atoms with Gasteiger partial charge in [0, 0.05) is 17.2 Å². The number of nitrogens with zero attached hydrogens (tertiary/aromatic N) is 1. The Kier molecular flexibility index (Phi) is 9.26. The Hall–Kier alpha value is -4.89. The third-order valence-corrected chi connectivity index (χ3v) is 9.45. The molecule has 0 aromatic heterocycles. The second kappa shape index (κ2) is 13.8. The standard InChI is InChI=1S/C36H32N2O6S/c39-21-25-16-18-29(19-17-25)43-22-28-23-45-35-31(37-30(40)20-24-10-4-1-5-11-24)34(41)38(35)32(28)36(42)44-33(26-12-6-2-7-13-26)27-14-8-3-9-15-27/h1-19,21,28,31-33,35H,20,22-23H2,(H,37,40)/t28?,31-,32?,35-/m1/s1. The Morgan fingerprint density at radius 2 is 1.47 bits per heavy atom. The number of nitrogens with one attached hydrogen (secondary N) is 1. The minimum Gasteiger partial charge on any atom is -0.493 e. The van der Waals surface area contributed by atoms with Gasteiger partial charge in [-0.3, -0.25) is 14.4 Å². The predicted octanol–water partition coefficient (Wildman–Crippen LogP) is 4.84. The zero-order valence-electron chi connectivity index (χ0n) is 24.4. The topological polar surface area (TPSA) is 102 Å². The van der Waals surface area contributed by atoms with Gasteiger partial charge in [0.1, 0.15) is 29.5 Å². The molecule has 45 heavy (non-hydrogen) atoms. The molecule has 0 spiro atoms. The summed E-state index contributed by atoms with van der Waals surface area (Å²) in [7, 11) is 0. The first kappa shape index (κ1) is 30.1. The Labute approximate surface area is 265 Å². The van der Waals surface area contributed by atoms with Gasteiger partial charge in [-0.15, -0.1) is 11.8 Å². The summed E-state index contributed by atoms with van der Waals surface area (Å²) in [6.07, 6.45) is 0.236. The number of thioether (sulfide) groups is 1. The summed E-state index contributed by atoms with van der Waals surface area (Å²) in [5, 5.41) is 2.47. The quantitative estimate of drug-likeness (QED) is 0.146. The molecule has 8 nitrogen and oxygen atoms in total. The summed E-state index contributed by atoms with van der Waals surface area (Å²) in [4.78, 5) is 53.3. The van der Waals surface area contributed by atoms with Crippen molar-refractivity contribution in [2.45, 2.75) is 30.0 Å². The van der Waals surface area contributed by atoms with Crippen molar-refractivity contribution >= 4 is 35.8 Å². The fourth-order valence-corrected chi connectivity index (χ4v) is 7.19. The number of carbonyl (C=O) groups is 4. The Balaban J connectivity index is 1.23.